The molecule has 0 bridgehead atoms. The average Bonchev–Trinajstić information content (AvgIpc) is 2.49. The minimum absolute atomic E-state index is 0.0750. The first kappa shape index (κ1) is 16.3. The van der Waals surface area contributed by atoms with Crippen LogP contribution in [-0.2, 0) is 14.3 Å². The SMILES string of the molecule is CO[C@H](CNC(=O)CC1CCOCC1)c1cccc(Cl)c1. The smallest absolute Gasteiger partial charge is 0.220 e. The van der Waals surface area contributed by atoms with Crippen molar-refractivity contribution in [1.82, 2.24) is 5.32 Å². The molecule has 1 aliphatic rings. The lowest BCUT2D eigenvalue weighted by Gasteiger charge is -2.22. The van der Waals surface area contributed by atoms with Crippen LogP contribution in [0.5, 0.6) is 0 Å². The predicted octanol–water partition coefficient (Wildman–Crippen LogP) is 2.96. The average molecular weight is 312 g/mol. The zero-order chi connectivity index (χ0) is 15.1. The lowest BCUT2D eigenvalue weighted by Crippen LogP contribution is -2.31. The van der Waals surface area contributed by atoms with E-state index in [0.717, 1.165) is 31.6 Å². The Hall–Kier alpha value is -1.10. The Balaban J connectivity index is 1.80. The molecule has 0 spiro atoms. The summed E-state index contributed by atoms with van der Waals surface area (Å²) in [6, 6.07) is 7.51. The number of carbonyl (C=O) groups excluding carboxylic acids is 1. The summed E-state index contributed by atoms with van der Waals surface area (Å²) in [5, 5.41) is 3.62. The molecule has 0 unspecified atom stereocenters. The van der Waals surface area contributed by atoms with Gasteiger partial charge in [0.1, 0.15) is 0 Å². The van der Waals surface area contributed by atoms with E-state index in [1.54, 1.807) is 7.11 Å². The summed E-state index contributed by atoms with van der Waals surface area (Å²) >= 11 is 5.98. The fraction of sp³-hybridized carbons (Fsp3) is 0.562. The minimum atomic E-state index is -0.178. The topological polar surface area (TPSA) is 47.6 Å². The van der Waals surface area contributed by atoms with Gasteiger partial charge in [-0.25, -0.2) is 0 Å². The van der Waals surface area contributed by atoms with Crippen molar-refractivity contribution in [1.29, 1.82) is 0 Å². The molecular weight excluding hydrogens is 290 g/mol. The van der Waals surface area contributed by atoms with Gasteiger partial charge in [-0.05, 0) is 36.5 Å². The standard InChI is InChI=1S/C16H22ClNO3/c1-20-15(13-3-2-4-14(17)10-13)11-18-16(19)9-12-5-7-21-8-6-12/h2-4,10,12,15H,5-9,11H2,1H3,(H,18,19)/t15-/m1/s1. The van der Waals surface area contributed by atoms with E-state index in [0.29, 0.717) is 23.9 Å². The van der Waals surface area contributed by atoms with Crippen LogP contribution in [-0.4, -0.2) is 32.8 Å². The molecule has 21 heavy (non-hydrogen) atoms. The maximum absolute atomic E-state index is 12.0. The maximum atomic E-state index is 12.0. The molecule has 1 N–H and O–H groups in total. The number of benzene rings is 1. The summed E-state index contributed by atoms with van der Waals surface area (Å²) in [6.45, 7) is 1.99. The van der Waals surface area contributed by atoms with Crippen LogP contribution >= 0.6 is 11.6 Å². The molecule has 2 rings (SSSR count). The van der Waals surface area contributed by atoms with Crippen LogP contribution in [0, 0.1) is 5.92 Å². The molecule has 1 heterocycles. The number of ether oxygens (including phenoxy) is 2. The number of rotatable bonds is 6. The zero-order valence-electron chi connectivity index (χ0n) is 12.3. The van der Waals surface area contributed by atoms with Gasteiger partial charge < -0.3 is 14.8 Å². The van der Waals surface area contributed by atoms with E-state index in [9.17, 15) is 4.79 Å². The zero-order valence-corrected chi connectivity index (χ0v) is 13.1. The van der Waals surface area contributed by atoms with E-state index in [1.807, 2.05) is 24.3 Å². The molecule has 1 fully saturated rings. The first-order valence-corrected chi connectivity index (χ1v) is 7.69. The van der Waals surface area contributed by atoms with E-state index in [1.165, 1.54) is 0 Å². The van der Waals surface area contributed by atoms with Crippen LogP contribution in [0.25, 0.3) is 0 Å². The van der Waals surface area contributed by atoms with Gasteiger partial charge in [-0.3, -0.25) is 4.79 Å². The normalized spacial score (nSPS) is 17.4. The largest absolute Gasteiger partial charge is 0.381 e. The molecule has 1 atom stereocenters. The highest BCUT2D eigenvalue weighted by molar-refractivity contribution is 6.30. The van der Waals surface area contributed by atoms with Crippen molar-refractivity contribution in [2.45, 2.75) is 25.4 Å². The lowest BCUT2D eigenvalue weighted by atomic mass is 9.96. The van der Waals surface area contributed by atoms with Crippen LogP contribution in [0.15, 0.2) is 24.3 Å². The molecule has 0 radical (unpaired) electrons. The number of hydrogen-bond acceptors (Lipinski definition) is 3. The molecule has 0 aromatic heterocycles. The van der Waals surface area contributed by atoms with Crippen molar-refractivity contribution in [3.05, 3.63) is 34.9 Å². The van der Waals surface area contributed by atoms with Gasteiger partial charge in [0.05, 0.1) is 6.10 Å². The highest BCUT2D eigenvalue weighted by atomic mass is 35.5. The van der Waals surface area contributed by atoms with Gasteiger partial charge in [0.15, 0.2) is 0 Å². The molecule has 116 valence electrons. The molecule has 0 saturated carbocycles. The van der Waals surface area contributed by atoms with E-state index in [4.69, 9.17) is 21.1 Å². The molecule has 5 heteroatoms. The van der Waals surface area contributed by atoms with Crippen LogP contribution in [0.1, 0.15) is 30.9 Å². The van der Waals surface area contributed by atoms with Crippen molar-refractivity contribution < 1.29 is 14.3 Å². The van der Waals surface area contributed by atoms with Crippen LogP contribution < -0.4 is 5.32 Å². The Morgan fingerprint density at radius 2 is 2.24 bits per heavy atom. The number of halogens is 1. The van der Waals surface area contributed by atoms with Crippen molar-refractivity contribution in [3.8, 4) is 0 Å². The van der Waals surface area contributed by atoms with Crippen LogP contribution in [0.4, 0.5) is 0 Å². The van der Waals surface area contributed by atoms with Crippen molar-refractivity contribution in [2.24, 2.45) is 5.92 Å². The highest BCUT2D eigenvalue weighted by Gasteiger charge is 2.18. The third-order valence-electron chi connectivity index (χ3n) is 3.80. The maximum Gasteiger partial charge on any atom is 0.220 e. The second kappa shape index (κ2) is 8.37. The quantitative estimate of drug-likeness (QED) is 0.878. The first-order valence-electron chi connectivity index (χ1n) is 7.31. The fourth-order valence-electron chi connectivity index (χ4n) is 2.54. The predicted molar refractivity (Wildman–Crippen MR) is 82.4 cm³/mol. The summed E-state index contributed by atoms with van der Waals surface area (Å²) < 4.78 is 10.7. The lowest BCUT2D eigenvalue weighted by molar-refractivity contribution is -0.123. The number of carbonyl (C=O) groups is 1. The Labute approximate surface area is 130 Å². The third kappa shape index (κ3) is 5.30. The summed E-state index contributed by atoms with van der Waals surface area (Å²) in [5.74, 6) is 0.511. The van der Waals surface area contributed by atoms with Crippen LogP contribution in [0.2, 0.25) is 5.02 Å². The molecule has 1 aliphatic heterocycles. The van der Waals surface area contributed by atoms with Gasteiger partial charge in [0, 0.05) is 38.3 Å². The number of amides is 1. The molecule has 1 saturated heterocycles. The Morgan fingerprint density at radius 3 is 2.90 bits per heavy atom. The van der Waals surface area contributed by atoms with Gasteiger partial charge in [-0.1, -0.05) is 23.7 Å². The molecule has 1 aromatic rings. The fourth-order valence-corrected chi connectivity index (χ4v) is 2.73. The second-order valence-electron chi connectivity index (χ2n) is 5.34. The minimum Gasteiger partial charge on any atom is -0.381 e. The first-order chi connectivity index (χ1) is 10.2. The molecule has 1 aromatic carbocycles. The van der Waals surface area contributed by atoms with Gasteiger partial charge >= 0.3 is 0 Å². The highest BCUT2D eigenvalue weighted by Crippen LogP contribution is 2.21. The Kier molecular flexibility index (Phi) is 6.49. The molecule has 1 amide bonds. The summed E-state index contributed by atoms with van der Waals surface area (Å²) in [4.78, 5) is 12.0. The van der Waals surface area contributed by atoms with E-state index < -0.39 is 0 Å². The number of methoxy groups -OCH3 is 1. The van der Waals surface area contributed by atoms with Gasteiger partial charge in [-0.2, -0.15) is 0 Å². The van der Waals surface area contributed by atoms with Crippen molar-refractivity contribution in [2.75, 3.05) is 26.9 Å². The summed E-state index contributed by atoms with van der Waals surface area (Å²) in [5.41, 5.74) is 0.969. The Bertz CT molecular complexity index is 461. The molecule has 4 nitrogen and oxygen atoms in total. The number of nitrogens with one attached hydrogen (secondary N) is 1. The van der Waals surface area contributed by atoms with Gasteiger partial charge in [0.25, 0.3) is 0 Å². The second-order valence-corrected chi connectivity index (χ2v) is 5.78. The van der Waals surface area contributed by atoms with Crippen molar-refractivity contribution in [3.63, 3.8) is 0 Å². The summed E-state index contributed by atoms with van der Waals surface area (Å²) in [6.07, 6.45) is 2.32. The van der Waals surface area contributed by atoms with E-state index >= 15 is 0 Å². The Morgan fingerprint density at radius 1 is 1.48 bits per heavy atom. The third-order valence-corrected chi connectivity index (χ3v) is 4.04. The monoisotopic (exact) mass is 311 g/mol. The summed E-state index contributed by atoms with van der Waals surface area (Å²) in [7, 11) is 1.64. The molecule has 0 aliphatic carbocycles. The van der Waals surface area contributed by atoms with E-state index in [-0.39, 0.29) is 12.0 Å². The van der Waals surface area contributed by atoms with Gasteiger partial charge in [-0.15, -0.1) is 0 Å². The van der Waals surface area contributed by atoms with Crippen LogP contribution in [0.3, 0.4) is 0 Å². The van der Waals surface area contributed by atoms with Gasteiger partial charge in [0.2, 0.25) is 5.91 Å². The number of hydrogen-bond donors (Lipinski definition) is 1. The molecular formula is C16H22ClNO3. The van der Waals surface area contributed by atoms with E-state index in [2.05, 4.69) is 5.32 Å². The van der Waals surface area contributed by atoms with Crippen molar-refractivity contribution >= 4 is 17.5 Å².